The normalized spacial score (nSPS) is 31.8. The van der Waals surface area contributed by atoms with Gasteiger partial charge in [0, 0.05) is 17.7 Å². The topological polar surface area (TPSA) is 96.7 Å². The summed E-state index contributed by atoms with van der Waals surface area (Å²) in [6.45, 7) is 10.8. The molecule has 33 heavy (non-hydrogen) atoms. The number of rotatable bonds is 2. The molecule has 1 aromatic rings. The number of allylic oxidation sites excluding steroid dienone is 1. The molecule has 6 nitrogen and oxygen atoms in total. The molecule has 0 aliphatic carbocycles. The fourth-order valence-electron chi connectivity index (χ4n) is 4.18. The van der Waals surface area contributed by atoms with Crippen LogP contribution < -0.4 is 0 Å². The van der Waals surface area contributed by atoms with Crippen LogP contribution in [0.15, 0.2) is 23.1 Å². The van der Waals surface area contributed by atoms with Gasteiger partial charge in [-0.15, -0.1) is 11.3 Å². The van der Waals surface area contributed by atoms with E-state index in [1.165, 1.54) is 0 Å². The van der Waals surface area contributed by atoms with Gasteiger partial charge in [-0.05, 0) is 50.7 Å². The van der Waals surface area contributed by atoms with E-state index in [2.05, 4.69) is 11.1 Å². The number of hydrogen-bond donors (Lipinski definition) is 2. The van der Waals surface area contributed by atoms with Crippen LogP contribution in [-0.4, -0.2) is 45.3 Å². The summed E-state index contributed by atoms with van der Waals surface area (Å²) in [4.78, 5) is 30.3. The minimum Gasteiger partial charge on any atom is -0.457 e. The number of thiazole rings is 1. The standard InChI is InChI=1S/C26H39NO5S/c1-16-11-9-7-8-10-12-21(17(2)13-20-15-33-19(4)27-20)32-23(29)14-22(28)26(5,6)25(31)18(3)24(16)30/h8,10,13,15-16,18,21-22,24,28,30H,7,9,11-12,14H2,1-6H3/b10-8-,17-13+/t16-,18+,21?,22-,24-/m0/s1. The molecule has 0 fully saturated rings. The van der Waals surface area contributed by atoms with Crippen molar-refractivity contribution in [3.63, 3.8) is 0 Å². The summed E-state index contributed by atoms with van der Waals surface area (Å²) in [6.07, 6.45) is 6.28. The van der Waals surface area contributed by atoms with E-state index in [1.54, 1.807) is 32.1 Å². The predicted molar refractivity (Wildman–Crippen MR) is 132 cm³/mol. The highest BCUT2D eigenvalue weighted by Crippen LogP contribution is 2.32. The Morgan fingerprint density at radius 3 is 2.58 bits per heavy atom. The lowest BCUT2D eigenvalue weighted by atomic mass is 9.73. The Balaban J connectivity index is 2.27. The van der Waals surface area contributed by atoms with E-state index in [4.69, 9.17) is 4.74 Å². The Kier molecular flexibility index (Phi) is 10.0. The molecule has 2 rings (SSSR count). The molecule has 0 amide bonds. The van der Waals surface area contributed by atoms with Gasteiger partial charge in [-0.1, -0.05) is 39.8 Å². The number of aryl methyl sites for hydroxylation is 1. The first kappa shape index (κ1) is 27.4. The fraction of sp³-hybridized carbons (Fsp3) is 0.654. The Labute approximate surface area is 201 Å². The average molecular weight is 478 g/mol. The highest BCUT2D eigenvalue weighted by atomic mass is 32.1. The van der Waals surface area contributed by atoms with E-state index in [0.29, 0.717) is 6.42 Å². The van der Waals surface area contributed by atoms with Gasteiger partial charge in [-0.2, -0.15) is 0 Å². The zero-order valence-corrected chi connectivity index (χ0v) is 21.5. The number of hydrogen-bond acceptors (Lipinski definition) is 7. The van der Waals surface area contributed by atoms with Gasteiger partial charge in [0.25, 0.3) is 0 Å². The average Bonchev–Trinajstić information content (AvgIpc) is 3.16. The second-order valence-corrected chi connectivity index (χ2v) is 10.9. The molecule has 0 saturated heterocycles. The van der Waals surface area contributed by atoms with E-state index in [9.17, 15) is 19.8 Å². The van der Waals surface area contributed by atoms with E-state index in [1.807, 2.05) is 38.3 Å². The van der Waals surface area contributed by atoms with Crippen molar-refractivity contribution in [3.8, 4) is 0 Å². The van der Waals surface area contributed by atoms with E-state index < -0.39 is 35.6 Å². The maximum atomic E-state index is 13.1. The van der Waals surface area contributed by atoms with Crippen LogP contribution in [0.3, 0.4) is 0 Å². The molecule has 184 valence electrons. The van der Waals surface area contributed by atoms with Crippen LogP contribution in [0.2, 0.25) is 0 Å². The van der Waals surface area contributed by atoms with Gasteiger partial charge in [0.15, 0.2) is 0 Å². The molecule has 1 aliphatic heterocycles. The Morgan fingerprint density at radius 1 is 1.24 bits per heavy atom. The van der Waals surface area contributed by atoms with Gasteiger partial charge >= 0.3 is 5.97 Å². The molecular formula is C26H39NO5S. The molecule has 5 atom stereocenters. The monoisotopic (exact) mass is 477 g/mol. The van der Waals surface area contributed by atoms with Crippen molar-refractivity contribution < 1.29 is 24.5 Å². The van der Waals surface area contributed by atoms with Crippen LogP contribution in [0, 0.1) is 24.2 Å². The van der Waals surface area contributed by atoms with Crippen molar-refractivity contribution in [3.05, 3.63) is 33.8 Å². The fourth-order valence-corrected chi connectivity index (χ4v) is 4.75. The third-order valence-electron chi connectivity index (χ3n) is 6.68. The van der Waals surface area contributed by atoms with Crippen molar-refractivity contribution in [2.24, 2.45) is 17.3 Å². The lowest BCUT2D eigenvalue weighted by molar-refractivity contribution is -0.154. The molecule has 0 radical (unpaired) electrons. The van der Waals surface area contributed by atoms with Crippen molar-refractivity contribution in [1.82, 2.24) is 4.98 Å². The molecule has 0 spiro atoms. The maximum absolute atomic E-state index is 13.1. The lowest BCUT2D eigenvalue weighted by Crippen LogP contribution is -2.45. The van der Waals surface area contributed by atoms with Crippen LogP contribution in [0.4, 0.5) is 0 Å². The number of aromatic nitrogens is 1. The number of esters is 1. The van der Waals surface area contributed by atoms with Crippen LogP contribution >= 0.6 is 11.3 Å². The first-order valence-electron chi connectivity index (χ1n) is 11.8. The van der Waals surface area contributed by atoms with Crippen molar-refractivity contribution in [2.75, 3.05) is 0 Å². The van der Waals surface area contributed by atoms with Crippen molar-refractivity contribution >= 4 is 29.2 Å². The largest absolute Gasteiger partial charge is 0.457 e. The van der Waals surface area contributed by atoms with Gasteiger partial charge in [0.1, 0.15) is 11.9 Å². The summed E-state index contributed by atoms with van der Waals surface area (Å²) < 4.78 is 5.75. The van der Waals surface area contributed by atoms with Crippen LogP contribution in [0.1, 0.15) is 77.4 Å². The van der Waals surface area contributed by atoms with Crippen LogP contribution in [-0.2, 0) is 14.3 Å². The number of cyclic esters (lactones) is 1. The third-order valence-corrected chi connectivity index (χ3v) is 7.47. The predicted octanol–water partition coefficient (Wildman–Crippen LogP) is 4.88. The highest BCUT2D eigenvalue weighted by Gasteiger charge is 2.42. The maximum Gasteiger partial charge on any atom is 0.309 e. The number of carbonyl (C=O) groups excluding carboxylic acids is 2. The second kappa shape index (κ2) is 12.0. The summed E-state index contributed by atoms with van der Waals surface area (Å²) in [5.41, 5.74) is 0.513. The quantitative estimate of drug-likeness (QED) is 0.466. The first-order chi connectivity index (χ1) is 15.4. The third kappa shape index (κ3) is 7.59. The van der Waals surface area contributed by atoms with Gasteiger partial charge in [-0.25, -0.2) is 4.98 Å². The van der Waals surface area contributed by atoms with Crippen LogP contribution in [0.5, 0.6) is 0 Å². The van der Waals surface area contributed by atoms with E-state index >= 15 is 0 Å². The molecule has 0 saturated carbocycles. The molecular weight excluding hydrogens is 438 g/mol. The number of ketones is 1. The number of Topliss-reactive ketones (excluding diaryl/α,β-unsaturated/α-hetero) is 1. The van der Waals surface area contributed by atoms with Gasteiger partial charge in [-0.3, -0.25) is 9.59 Å². The SMILES string of the molecule is C/C(=C\c1csc(C)n1)C1C/C=C\CCC[C@H](C)[C@H](O)[C@@H](C)C(=O)C(C)(C)[C@@H](O)CC(=O)O1. The van der Waals surface area contributed by atoms with Gasteiger partial charge in [0.2, 0.25) is 0 Å². The number of ether oxygens (including phenoxy) is 1. The molecule has 2 N–H and O–H groups in total. The molecule has 0 aromatic carbocycles. The van der Waals surface area contributed by atoms with Crippen LogP contribution in [0.25, 0.3) is 6.08 Å². The lowest BCUT2D eigenvalue weighted by Gasteiger charge is -2.34. The Hall–Kier alpha value is -1.83. The number of carbonyl (C=O) groups is 2. The molecule has 1 unspecified atom stereocenters. The summed E-state index contributed by atoms with van der Waals surface area (Å²) in [5, 5.41) is 24.4. The highest BCUT2D eigenvalue weighted by molar-refractivity contribution is 7.09. The van der Waals surface area contributed by atoms with E-state index in [-0.39, 0.29) is 18.1 Å². The molecule has 7 heteroatoms. The summed E-state index contributed by atoms with van der Waals surface area (Å²) in [5.74, 6) is -1.48. The molecule has 1 aromatic heterocycles. The Bertz CT molecular complexity index is 872. The molecule has 1 aliphatic rings. The first-order valence-corrected chi connectivity index (χ1v) is 12.7. The van der Waals surface area contributed by atoms with Gasteiger partial charge in [0.05, 0.1) is 34.7 Å². The molecule has 2 heterocycles. The van der Waals surface area contributed by atoms with Gasteiger partial charge < -0.3 is 14.9 Å². The zero-order chi connectivity index (χ0) is 24.8. The number of aliphatic hydroxyl groups excluding tert-OH is 2. The minimum atomic E-state index is -1.21. The van der Waals surface area contributed by atoms with Crippen molar-refractivity contribution in [2.45, 2.75) is 92.0 Å². The van der Waals surface area contributed by atoms with E-state index in [0.717, 1.165) is 35.5 Å². The smallest absolute Gasteiger partial charge is 0.309 e. The molecule has 0 bridgehead atoms. The zero-order valence-electron chi connectivity index (χ0n) is 20.7. The van der Waals surface area contributed by atoms with Crippen molar-refractivity contribution in [1.29, 1.82) is 0 Å². The number of aliphatic hydroxyl groups is 2. The number of nitrogens with zero attached hydrogens (tertiary/aromatic N) is 1. The summed E-state index contributed by atoms with van der Waals surface area (Å²) in [7, 11) is 0. The minimum absolute atomic E-state index is 0.0392. The second-order valence-electron chi connectivity index (χ2n) is 9.86. The summed E-state index contributed by atoms with van der Waals surface area (Å²) in [6, 6.07) is 0. The Morgan fingerprint density at radius 2 is 1.94 bits per heavy atom. The summed E-state index contributed by atoms with van der Waals surface area (Å²) >= 11 is 1.56.